The van der Waals surface area contributed by atoms with Crippen molar-refractivity contribution in [3.8, 4) is 0 Å². The fraction of sp³-hybridized carbons (Fsp3) is 0.273. The lowest BCUT2D eigenvalue weighted by Crippen LogP contribution is -2.52. The van der Waals surface area contributed by atoms with E-state index < -0.39 is 11.9 Å². The first-order valence-electron chi connectivity index (χ1n) is 9.80. The predicted octanol–water partition coefficient (Wildman–Crippen LogP) is 1.09. The van der Waals surface area contributed by atoms with Gasteiger partial charge in [0, 0.05) is 30.8 Å². The third kappa shape index (κ3) is 3.95. The van der Waals surface area contributed by atoms with E-state index in [1.807, 2.05) is 24.3 Å². The summed E-state index contributed by atoms with van der Waals surface area (Å²) in [6, 6.07) is 12.0. The molecule has 8 heteroatoms. The second kappa shape index (κ2) is 8.08. The molecule has 1 saturated heterocycles. The van der Waals surface area contributed by atoms with E-state index in [9.17, 15) is 19.2 Å². The summed E-state index contributed by atoms with van der Waals surface area (Å²) in [5.74, 6) is -1.16. The van der Waals surface area contributed by atoms with Crippen molar-refractivity contribution >= 4 is 29.3 Å². The van der Waals surface area contributed by atoms with E-state index in [2.05, 4.69) is 10.6 Å². The maximum atomic E-state index is 12.7. The van der Waals surface area contributed by atoms with Crippen LogP contribution in [0, 0.1) is 0 Å². The molecule has 2 aliphatic heterocycles. The first-order chi connectivity index (χ1) is 14.4. The number of nitrogens with zero attached hydrogens (tertiary/aromatic N) is 1. The summed E-state index contributed by atoms with van der Waals surface area (Å²) in [6.07, 6.45) is 0.754. The lowest BCUT2D eigenvalue weighted by Gasteiger charge is -2.29. The number of nitrogens with two attached hydrogens (primary N) is 1. The Hall–Kier alpha value is -3.52. The predicted molar refractivity (Wildman–Crippen MR) is 109 cm³/mol. The van der Waals surface area contributed by atoms with Gasteiger partial charge in [-0.3, -0.25) is 24.5 Å². The maximum absolute atomic E-state index is 12.7. The molecule has 2 aromatic carbocycles. The Morgan fingerprint density at radius 3 is 2.53 bits per heavy atom. The van der Waals surface area contributed by atoms with Crippen molar-refractivity contribution < 1.29 is 19.2 Å². The van der Waals surface area contributed by atoms with Crippen LogP contribution in [0.5, 0.6) is 0 Å². The Kier molecular flexibility index (Phi) is 5.33. The van der Waals surface area contributed by atoms with Crippen LogP contribution in [0.3, 0.4) is 0 Å². The average Bonchev–Trinajstić information content (AvgIpc) is 3.04. The number of nitrogens with one attached hydrogen (secondary N) is 2. The van der Waals surface area contributed by atoms with E-state index in [4.69, 9.17) is 5.73 Å². The summed E-state index contributed by atoms with van der Waals surface area (Å²) in [5, 5.41) is 5.14. The third-order valence-electron chi connectivity index (χ3n) is 5.43. The molecule has 4 rings (SSSR count). The molecule has 1 fully saturated rings. The fourth-order valence-corrected chi connectivity index (χ4v) is 3.84. The number of carbonyl (C=O) groups excluding carboxylic acids is 4. The number of amides is 4. The molecular weight excluding hydrogens is 384 g/mol. The highest BCUT2D eigenvalue weighted by Crippen LogP contribution is 2.29. The van der Waals surface area contributed by atoms with Crippen LogP contribution in [-0.4, -0.2) is 34.6 Å². The van der Waals surface area contributed by atoms with Crippen LogP contribution in [0.1, 0.15) is 39.9 Å². The number of hydrogen-bond donors (Lipinski definition) is 3. The molecule has 4 amide bonds. The number of rotatable bonds is 5. The van der Waals surface area contributed by atoms with Crippen LogP contribution in [0.2, 0.25) is 0 Å². The molecule has 0 aliphatic carbocycles. The Morgan fingerprint density at radius 2 is 1.83 bits per heavy atom. The van der Waals surface area contributed by atoms with Crippen LogP contribution in [-0.2, 0) is 33.9 Å². The molecular formula is C22H22N4O4. The van der Waals surface area contributed by atoms with Gasteiger partial charge in [-0.2, -0.15) is 0 Å². The van der Waals surface area contributed by atoms with Crippen molar-refractivity contribution in [1.82, 2.24) is 10.2 Å². The van der Waals surface area contributed by atoms with Gasteiger partial charge in [-0.15, -0.1) is 0 Å². The smallest absolute Gasteiger partial charge is 0.255 e. The van der Waals surface area contributed by atoms with E-state index in [0.717, 1.165) is 16.7 Å². The summed E-state index contributed by atoms with van der Waals surface area (Å²) < 4.78 is 0. The standard InChI is InChI=1S/C22H22N4O4/c23-11-14-3-1-13(2-4-14)9-20(28)24-16-5-6-17-15(10-16)12-26(22(17)30)18-7-8-19(27)25-21(18)29/h1-6,10,18H,7-9,11-12,23H2,(H,24,28)(H,25,27,29). The van der Waals surface area contributed by atoms with Gasteiger partial charge in [0.2, 0.25) is 17.7 Å². The van der Waals surface area contributed by atoms with Crippen LogP contribution in [0.25, 0.3) is 0 Å². The second-order valence-electron chi connectivity index (χ2n) is 7.52. The number of imide groups is 1. The molecule has 154 valence electrons. The Morgan fingerprint density at radius 1 is 1.10 bits per heavy atom. The molecule has 0 radical (unpaired) electrons. The molecule has 0 spiro atoms. The first kappa shape index (κ1) is 19.8. The van der Waals surface area contributed by atoms with Crippen molar-refractivity contribution in [3.05, 3.63) is 64.7 Å². The van der Waals surface area contributed by atoms with E-state index in [1.54, 1.807) is 18.2 Å². The molecule has 2 heterocycles. The lowest BCUT2D eigenvalue weighted by molar-refractivity contribution is -0.137. The van der Waals surface area contributed by atoms with Gasteiger partial charge in [-0.1, -0.05) is 24.3 Å². The topological polar surface area (TPSA) is 122 Å². The molecule has 1 atom stereocenters. The molecule has 0 aromatic heterocycles. The number of carbonyl (C=O) groups is 4. The highest BCUT2D eigenvalue weighted by atomic mass is 16.2. The molecule has 4 N–H and O–H groups in total. The summed E-state index contributed by atoms with van der Waals surface area (Å²) >= 11 is 0. The largest absolute Gasteiger partial charge is 0.326 e. The maximum Gasteiger partial charge on any atom is 0.255 e. The van der Waals surface area contributed by atoms with E-state index in [-0.39, 0.29) is 37.1 Å². The molecule has 8 nitrogen and oxygen atoms in total. The van der Waals surface area contributed by atoms with Crippen LogP contribution in [0.4, 0.5) is 5.69 Å². The quantitative estimate of drug-likeness (QED) is 0.642. The Labute approximate surface area is 173 Å². The first-order valence-corrected chi connectivity index (χ1v) is 9.80. The molecule has 2 aliphatic rings. The van der Waals surface area contributed by atoms with Gasteiger partial charge in [0.25, 0.3) is 5.91 Å². The van der Waals surface area contributed by atoms with Gasteiger partial charge in [-0.05, 0) is 41.3 Å². The summed E-state index contributed by atoms with van der Waals surface area (Å²) in [7, 11) is 0. The van der Waals surface area contributed by atoms with Gasteiger partial charge in [0.05, 0.1) is 6.42 Å². The van der Waals surface area contributed by atoms with Crippen molar-refractivity contribution in [2.75, 3.05) is 5.32 Å². The van der Waals surface area contributed by atoms with Gasteiger partial charge in [0.1, 0.15) is 6.04 Å². The van der Waals surface area contributed by atoms with Gasteiger partial charge in [-0.25, -0.2) is 0 Å². The molecule has 2 aromatic rings. The van der Waals surface area contributed by atoms with E-state index in [0.29, 0.717) is 24.2 Å². The number of piperidine rings is 1. The zero-order valence-electron chi connectivity index (χ0n) is 16.3. The normalized spacial score (nSPS) is 18.2. The molecule has 0 saturated carbocycles. The van der Waals surface area contributed by atoms with Crippen LogP contribution in [0.15, 0.2) is 42.5 Å². The van der Waals surface area contributed by atoms with E-state index in [1.165, 1.54) is 4.90 Å². The highest BCUT2D eigenvalue weighted by Gasteiger charge is 2.39. The minimum atomic E-state index is -0.655. The second-order valence-corrected chi connectivity index (χ2v) is 7.52. The van der Waals surface area contributed by atoms with Crippen molar-refractivity contribution in [1.29, 1.82) is 0 Å². The van der Waals surface area contributed by atoms with Crippen molar-refractivity contribution in [3.63, 3.8) is 0 Å². The minimum absolute atomic E-state index is 0.165. The SMILES string of the molecule is NCc1ccc(CC(=O)Nc2ccc3c(c2)CN(C2CCC(=O)NC2=O)C3=O)cc1. The lowest BCUT2D eigenvalue weighted by atomic mass is 10.0. The zero-order valence-corrected chi connectivity index (χ0v) is 16.3. The van der Waals surface area contributed by atoms with Crippen LogP contribution >= 0.6 is 0 Å². The van der Waals surface area contributed by atoms with E-state index >= 15 is 0 Å². The summed E-state index contributed by atoms with van der Waals surface area (Å²) in [4.78, 5) is 50.1. The fourth-order valence-electron chi connectivity index (χ4n) is 3.84. The number of benzene rings is 2. The van der Waals surface area contributed by atoms with Gasteiger partial charge >= 0.3 is 0 Å². The molecule has 1 unspecified atom stereocenters. The summed E-state index contributed by atoms with van der Waals surface area (Å²) in [6.45, 7) is 0.723. The molecule has 30 heavy (non-hydrogen) atoms. The highest BCUT2D eigenvalue weighted by molar-refractivity contribution is 6.05. The average molecular weight is 406 g/mol. The third-order valence-corrected chi connectivity index (χ3v) is 5.43. The number of hydrogen-bond acceptors (Lipinski definition) is 5. The summed E-state index contributed by atoms with van der Waals surface area (Å²) in [5.41, 5.74) is 9.31. The Balaban J connectivity index is 1.42. The monoisotopic (exact) mass is 406 g/mol. The minimum Gasteiger partial charge on any atom is -0.326 e. The van der Waals surface area contributed by atoms with Gasteiger partial charge < -0.3 is 16.0 Å². The zero-order chi connectivity index (χ0) is 21.3. The van der Waals surface area contributed by atoms with Gasteiger partial charge in [0.15, 0.2) is 0 Å². The Bertz CT molecular complexity index is 1030. The number of anilines is 1. The molecule has 0 bridgehead atoms. The number of fused-ring (bicyclic) bond motifs is 1. The van der Waals surface area contributed by atoms with Crippen molar-refractivity contribution in [2.45, 2.75) is 38.4 Å². The van der Waals surface area contributed by atoms with Crippen molar-refractivity contribution in [2.24, 2.45) is 5.73 Å². The van der Waals surface area contributed by atoms with Crippen LogP contribution < -0.4 is 16.4 Å².